The first-order valence-corrected chi connectivity index (χ1v) is 3.36. The van der Waals surface area contributed by atoms with Crippen LogP contribution in [0.5, 0.6) is 0 Å². The van der Waals surface area contributed by atoms with Gasteiger partial charge in [-0.05, 0) is 12.1 Å². The minimum atomic E-state index is -0.284. The number of rotatable bonds is 0. The van der Waals surface area contributed by atoms with Crippen LogP contribution in [-0.2, 0) is 0 Å². The van der Waals surface area contributed by atoms with Gasteiger partial charge in [-0.3, -0.25) is 4.79 Å². The van der Waals surface area contributed by atoms with Crippen molar-refractivity contribution in [3.05, 3.63) is 35.0 Å². The average molecular weight is 162 g/mol. The lowest BCUT2D eigenvalue weighted by Gasteiger charge is -1.97. The van der Waals surface area contributed by atoms with E-state index in [4.69, 9.17) is 5.84 Å². The first-order chi connectivity index (χ1) is 5.79. The maximum atomic E-state index is 11.3. The fourth-order valence-corrected chi connectivity index (χ4v) is 0.975. The summed E-state index contributed by atoms with van der Waals surface area (Å²) in [6.45, 7) is 0. The largest absolute Gasteiger partial charge is 0.335 e. The minimum absolute atomic E-state index is 0.284. The molecule has 12 heavy (non-hydrogen) atoms. The van der Waals surface area contributed by atoms with Crippen LogP contribution in [0, 0.1) is 0 Å². The van der Waals surface area contributed by atoms with Gasteiger partial charge in [0.05, 0.1) is 5.39 Å². The van der Waals surface area contributed by atoms with Crippen molar-refractivity contribution >= 4 is 11.0 Å². The van der Waals surface area contributed by atoms with Crippen LogP contribution in [0.2, 0.25) is 0 Å². The van der Waals surface area contributed by atoms with Crippen LogP contribution in [-0.4, -0.2) is 14.6 Å². The Balaban J connectivity index is 3.01. The van der Waals surface area contributed by atoms with Crippen molar-refractivity contribution in [2.75, 3.05) is 5.84 Å². The highest BCUT2D eigenvalue weighted by Gasteiger charge is 1.99. The molecule has 0 radical (unpaired) electrons. The molecule has 2 aromatic rings. The van der Waals surface area contributed by atoms with Crippen molar-refractivity contribution in [2.24, 2.45) is 0 Å². The summed E-state index contributed by atoms with van der Waals surface area (Å²) in [7, 11) is 0. The lowest BCUT2D eigenvalue weighted by atomic mass is 10.3. The normalized spacial score (nSPS) is 10.3. The van der Waals surface area contributed by atoms with Crippen LogP contribution in [0.3, 0.4) is 0 Å². The van der Waals surface area contributed by atoms with Crippen molar-refractivity contribution in [2.45, 2.75) is 0 Å². The fraction of sp³-hybridized carbons (Fsp3) is 0. The number of fused-ring (bicyclic) bond motifs is 1. The van der Waals surface area contributed by atoms with Gasteiger partial charge in [0, 0.05) is 6.20 Å². The van der Waals surface area contributed by atoms with Gasteiger partial charge >= 0.3 is 0 Å². The zero-order valence-electron chi connectivity index (χ0n) is 6.14. The standard InChI is InChI=1S/C7H6N4O/c8-11-4-10-6-5(7(11)12)2-1-3-9-6/h1-4H,8H2. The molecule has 5 heteroatoms. The Hall–Kier alpha value is -1.91. The van der Waals surface area contributed by atoms with E-state index in [1.165, 1.54) is 6.33 Å². The Morgan fingerprint density at radius 2 is 2.25 bits per heavy atom. The molecular weight excluding hydrogens is 156 g/mol. The number of hydrogen-bond acceptors (Lipinski definition) is 4. The number of hydrogen-bond donors (Lipinski definition) is 1. The summed E-state index contributed by atoms with van der Waals surface area (Å²) in [6, 6.07) is 3.31. The first kappa shape index (κ1) is 6.78. The van der Waals surface area contributed by atoms with E-state index in [-0.39, 0.29) is 5.56 Å². The highest BCUT2D eigenvalue weighted by molar-refractivity contribution is 5.72. The molecular formula is C7H6N4O. The van der Waals surface area contributed by atoms with Crippen LogP contribution in [0.1, 0.15) is 0 Å². The maximum Gasteiger partial charge on any atom is 0.281 e. The third kappa shape index (κ3) is 0.833. The Morgan fingerprint density at radius 1 is 1.42 bits per heavy atom. The van der Waals surface area contributed by atoms with E-state index in [0.29, 0.717) is 11.0 Å². The minimum Gasteiger partial charge on any atom is -0.335 e. The second kappa shape index (κ2) is 2.30. The van der Waals surface area contributed by atoms with Gasteiger partial charge < -0.3 is 5.84 Å². The molecule has 2 heterocycles. The van der Waals surface area contributed by atoms with E-state index in [1.807, 2.05) is 0 Å². The van der Waals surface area contributed by atoms with Crippen LogP contribution in [0.4, 0.5) is 0 Å². The van der Waals surface area contributed by atoms with E-state index in [2.05, 4.69) is 9.97 Å². The van der Waals surface area contributed by atoms with E-state index >= 15 is 0 Å². The van der Waals surface area contributed by atoms with Gasteiger partial charge in [0.25, 0.3) is 5.56 Å². The molecule has 60 valence electrons. The highest BCUT2D eigenvalue weighted by atomic mass is 16.1. The van der Waals surface area contributed by atoms with Gasteiger partial charge in [0.15, 0.2) is 5.65 Å². The van der Waals surface area contributed by atoms with Gasteiger partial charge in [0.1, 0.15) is 6.33 Å². The molecule has 0 bridgehead atoms. The molecule has 0 atom stereocenters. The molecule has 2 aromatic heterocycles. The summed E-state index contributed by atoms with van der Waals surface area (Å²) in [6.07, 6.45) is 2.83. The SMILES string of the molecule is Nn1cnc2ncccc2c1=O. The lowest BCUT2D eigenvalue weighted by Crippen LogP contribution is -2.27. The molecule has 0 aliphatic carbocycles. The third-order valence-electron chi connectivity index (χ3n) is 1.56. The maximum absolute atomic E-state index is 11.3. The molecule has 0 aliphatic rings. The van der Waals surface area contributed by atoms with Gasteiger partial charge in [-0.1, -0.05) is 0 Å². The topological polar surface area (TPSA) is 73.8 Å². The monoisotopic (exact) mass is 162 g/mol. The van der Waals surface area contributed by atoms with E-state index in [0.717, 1.165) is 4.68 Å². The molecule has 0 saturated carbocycles. The number of nitrogens with zero attached hydrogens (tertiary/aromatic N) is 3. The smallest absolute Gasteiger partial charge is 0.281 e. The van der Waals surface area contributed by atoms with Gasteiger partial charge in [-0.15, -0.1) is 0 Å². The van der Waals surface area contributed by atoms with Crippen LogP contribution in [0.15, 0.2) is 29.5 Å². The Bertz CT molecular complexity index is 476. The van der Waals surface area contributed by atoms with Gasteiger partial charge in [0.2, 0.25) is 0 Å². The van der Waals surface area contributed by atoms with E-state index in [9.17, 15) is 4.79 Å². The van der Waals surface area contributed by atoms with E-state index < -0.39 is 0 Å². The van der Waals surface area contributed by atoms with Gasteiger partial charge in [-0.2, -0.15) is 0 Å². The van der Waals surface area contributed by atoms with Crippen LogP contribution in [0.25, 0.3) is 11.0 Å². The Labute approximate surface area is 67.5 Å². The molecule has 0 saturated heterocycles. The molecule has 0 aromatic carbocycles. The highest BCUT2D eigenvalue weighted by Crippen LogP contribution is 1.98. The summed E-state index contributed by atoms with van der Waals surface area (Å²) >= 11 is 0. The van der Waals surface area contributed by atoms with Crippen molar-refractivity contribution in [3.63, 3.8) is 0 Å². The molecule has 2 N–H and O–H groups in total. The molecule has 5 nitrogen and oxygen atoms in total. The third-order valence-corrected chi connectivity index (χ3v) is 1.56. The number of nitrogen functional groups attached to an aromatic ring is 1. The fourth-order valence-electron chi connectivity index (χ4n) is 0.975. The van der Waals surface area contributed by atoms with Gasteiger partial charge in [-0.25, -0.2) is 14.6 Å². The van der Waals surface area contributed by atoms with Crippen LogP contribution < -0.4 is 11.4 Å². The molecule has 2 rings (SSSR count). The first-order valence-electron chi connectivity index (χ1n) is 3.36. The number of aromatic nitrogens is 3. The summed E-state index contributed by atoms with van der Waals surface area (Å²) in [5, 5.41) is 0.433. The summed E-state index contributed by atoms with van der Waals surface area (Å²) < 4.78 is 0.935. The van der Waals surface area contributed by atoms with E-state index in [1.54, 1.807) is 18.3 Å². The Kier molecular flexibility index (Phi) is 1.30. The predicted molar refractivity (Wildman–Crippen MR) is 43.9 cm³/mol. The summed E-state index contributed by atoms with van der Waals surface area (Å²) in [4.78, 5) is 19.1. The predicted octanol–water partition coefficient (Wildman–Crippen LogP) is -0.495. The lowest BCUT2D eigenvalue weighted by molar-refractivity contribution is 0.908. The van der Waals surface area contributed by atoms with Crippen molar-refractivity contribution in [3.8, 4) is 0 Å². The zero-order valence-corrected chi connectivity index (χ0v) is 6.14. The molecule has 0 fully saturated rings. The molecule has 0 unspecified atom stereocenters. The number of pyridine rings is 1. The second-order valence-corrected chi connectivity index (χ2v) is 2.33. The molecule has 0 amide bonds. The Morgan fingerprint density at radius 3 is 3.08 bits per heavy atom. The van der Waals surface area contributed by atoms with Crippen LogP contribution >= 0.6 is 0 Å². The summed E-state index contributed by atoms with van der Waals surface area (Å²) in [5.41, 5.74) is 0.136. The van der Waals surface area contributed by atoms with Crippen molar-refractivity contribution in [1.82, 2.24) is 14.6 Å². The second-order valence-electron chi connectivity index (χ2n) is 2.33. The summed E-state index contributed by atoms with van der Waals surface area (Å²) in [5.74, 6) is 5.30. The quantitative estimate of drug-likeness (QED) is 0.530. The van der Waals surface area contributed by atoms with Crippen molar-refractivity contribution < 1.29 is 0 Å². The molecule has 0 spiro atoms. The number of nitrogens with two attached hydrogens (primary N) is 1. The molecule has 0 aliphatic heterocycles. The van der Waals surface area contributed by atoms with Crippen molar-refractivity contribution in [1.29, 1.82) is 0 Å². The zero-order chi connectivity index (χ0) is 8.55. The average Bonchev–Trinajstić information content (AvgIpc) is 2.12.